The van der Waals surface area contributed by atoms with Gasteiger partial charge in [0.1, 0.15) is 0 Å². The third-order valence-corrected chi connectivity index (χ3v) is 3.29. The summed E-state index contributed by atoms with van der Waals surface area (Å²) in [6.07, 6.45) is 2.42. The lowest BCUT2D eigenvalue weighted by atomic mass is 10.3. The summed E-state index contributed by atoms with van der Waals surface area (Å²) in [6, 6.07) is 1.05. The van der Waals surface area contributed by atoms with Gasteiger partial charge in [-0.1, -0.05) is 0 Å². The van der Waals surface area contributed by atoms with Gasteiger partial charge in [-0.15, -0.1) is 0 Å². The van der Waals surface area contributed by atoms with Crippen molar-refractivity contribution in [1.82, 2.24) is 9.88 Å². The van der Waals surface area contributed by atoms with Crippen molar-refractivity contribution in [2.24, 2.45) is 0 Å². The zero-order valence-electron chi connectivity index (χ0n) is 10.4. The first-order valence-corrected chi connectivity index (χ1v) is 6.17. The summed E-state index contributed by atoms with van der Waals surface area (Å²) in [5.41, 5.74) is 5.31. The highest BCUT2D eigenvalue weighted by Gasteiger charge is 2.18. The van der Waals surface area contributed by atoms with Crippen molar-refractivity contribution in [3.05, 3.63) is 17.7 Å². The highest BCUT2D eigenvalue weighted by atomic mass is 19.1. The van der Waals surface area contributed by atoms with Crippen molar-refractivity contribution in [2.45, 2.75) is 25.8 Å². The van der Waals surface area contributed by atoms with Gasteiger partial charge in [-0.3, -0.25) is 4.90 Å². The Kier molecular flexibility index (Phi) is 3.96. The van der Waals surface area contributed by atoms with Crippen LogP contribution in [0, 0.1) is 11.6 Å². The van der Waals surface area contributed by atoms with E-state index in [0.717, 1.165) is 19.2 Å². The molecule has 0 amide bonds. The summed E-state index contributed by atoms with van der Waals surface area (Å²) < 4.78 is 26.4. The van der Waals surface area contributed by atoms with Crippen LogP contribution in [0.2, 0.25) is 0 Å². The van der Waals surface area contributed by atoms with Crippen LogP contribution in [-0.4, -0.2) is 35.6 Å². The summed E-state index contributed by atoms with van der Waals surface area (Å²) in [6.45, 7) is 4.78. The van der Waals surface area contributed by atoms with Crippen LogP contribution in [0.1, 0.15) is 19.8 Å². The SMILES string of the molecule is CC(CNc1nc(N)c(F)cc1F)N1CCCC1. The number of hydrogen-bond donors (Lipinski definition) is 2. The highest BCUT2D eigenvalue weighted by molar-refractivity contribution is 5.44. The Balaban J connectivity index is 1.95. The van der Waals surface area contributed by atoms with Gasteiger partial charge < -0.3 is 11.1 Å². The fourth-order valence-corrected chi connectivity index (χ4v) is 2.16. The van der Waals surface area contributed by atoms with Gasteiger partial charge in [0, 0.05) is 18.7 Å². The maximum absolute atomic E-state index is 13.4. The zero-order chi connectivity index (χ0) is 13.1. The van der Waals surface area contributed by atoms with Crippen molar-refractivity contribution in [3.8, 4) is 0 Å². The molecule has 0 spiro atoms. The van der Waals surface area contributed by atoms with Crippen molar-refractivity contribution in [1.29, 1.82) is 0 Å². The molecule has 1 fully saturated rings. The number of rotatable bonds is 4. The molecule has 1 unspecified atom stereocenters. The number of nitrogens with zero attached hydrogens (tertiary/aromatic N) is 2. The molecule has 100 valence electrons. The van der Waals surface area contributed by atoms with E-state index in [9.17, 15) is 8.78 Å². The molecule has 3 N–H and O–H groups in total. The van der Waals surface area contributed by atoms with E-state index < -0.39 is 11.6 Å². The van der Waals surface area contributed by atoms with E-state index in [4.69, 9.17) is 5.73 Å². The molecule has 1 saturated heterocycles. The molecule has 1 aromatic rings. The van der Waals surface area contributed by atoms with E-state index in [0.29, 0.717) is 12.6 Å². The van der Waals surface area contributed by atoms with Crippen LogP contribution >= 0.6 is 0 Å². The van der Waals surface area contributed by atoms with Crippen molar-refractivity contribution >= 4 is 11.6 Å². The molecule has 0 aromatic carbocycles. The topological polar surface area (TPSA) is 54.2 Å². The number of anilines is 2. The van der Waals surface area contributed by atoms with Crippen LogP contribution in [0.3, 0.4) is 0 Å². The summed E-state index contributed by atoms with van der Waals surface area (Å²) in [7, 11) is 0. The Bertz CT molecular complexity index is 419. The van der Waals surface area contributed by atoms with E-state index >= 15 is 0 Å². The van der Waals surface area contributed by atoms with Gasteiger partial charge in [0.15, 0.2) is 23.3 Å². The molecule has 1 aromatic heterocycles. The lowest BCUT2D eigenvalue weighted by Gasteiger charge is -2.24. The van der Waals surface area contributed by atoms with Crippen LogP contribution in [0.15, 0.2) is 6.07 Å². The molecule has 4 nitrogen and oxygen atoms in total. The maximum atomic E-state index is 13.4. The second kappa shape index (κ2) is 5.48. The van der Waals surface area contributed by atoms with Crippen LogP contribution in [-0.2, 0) is 0 Å². The third-order valence-electron chi connectivity index (χ3n) is 3.29. The Labute approximate surface area is 105 Å². The van der Waals surface area contributed by atoms with Crippen LogP contribution < -0.4 is 11.1 Å². The fraction of sp³-hybridized carbons (Fsp3) is 0.583. The van der Waals surface area contributed by atoms with Crippen molar-refractivity contribution in [3.63, 3.8) is 0 Å². The maximum Gasteiger partial charge on any atom is 0.168 e. The van der Waals surface area contributed by atoms with Gasteiger partial charge in [0.25, 0.3) is 0 Å². The predicted octanol–water partition coefficient (Wildman–Crippen LogP) is 1.84. The molecule has 1 atom stereocenters. The summed E-state index contributed by atoms with van der Waals surface area (Å²) in [5, 5.41) is 2.88. The number of halogens is 2. The molecule has 18 heavy (non-hydrogen) atoms. The van der Waals surface area contributed by atoms with Gasteiger partial charge in [0.05, 0.1) is 0 Å². The average Bonchev–Trinajstić information content (AvgIpc) is 2.85. The quantitative estimate of drug-likeness (QED) is 0.863. The van der Waals surface area contributed by atoms with Gasteiger partial charge in [-0.05, 0) is 32.9 Å². The largest absolute Gasteiger partial charge is 0.381 e. The smallest absolute Gasteiger partial charge is 0.168 e. The Morgan fingerprint density at radius 1 is 1.39 bits per heavy atom. The van der Waals surface area contributed by atoms with Crippen molar-refractivity contribution < 1.29 is 8.78 Å². The first kappa shape index (κ1) is 13.0. The van der Waals surface area contributed by atoms with Gasteiger partial charge in [0.2, 0.25) is 0 Å². The number of nitrogen functional groups attached to an aromatic ring is 1. The second-order valence-electron chi connectivity index (χ2n) is 4.66. The first-order valence-electron chi connectivity index (χ1n) is 6.17. The Hall–Kier alpha value is -1.43. The molecule has 0 saturated carbocycles. The number of pyridine rings is 1. The van der Waals surface area contributed by atoms with Crippen LogP contribution in [0.5, 0.6) is 0 Å². The number of likely N-dealkylation sites (tertiary alicyclic amines) is 1. The molecule has 0 radical (unpaired) electrons. The van der Waals surface area contributed by atoms with Crippen LogP contribution in [0.25, 0.3) is 0 Å². The third kappa shape index (κ3) is 2.87. The average molecular weight is 256 g/mol. The minimum Gasteiger partial charge on any atom is -0.381 e. The number of nitrogens with one attached hydrogen (secondary N) is 1. The monoisotopic (exact) mass is 256 g/mol. The summed E-state index contributed by atoms with van der Waals surface area (Å²) >= 11 is 0. The summed E-state index contributed by atoms with van der Waals surface area (Å²) in [4.78, 5) is 6.00. The molecular weight excluding hydrogens is 238 g/mol. The zero-order valence-corrected chi connectivity index (χ0v) is 10.4. The minimum atomic E-state index is -0.828. The molecule has 6 heteroatoms. The molecule has 2 rings (SSSR count). The van der Waals surface area contributed by atoms with E-state index in [1.807, 2.05) is 0 Å². The van der Waals surface area contributed by atoms with Gasteiger partial charge in [-0.2, -0.15) is 0 Å². The summed E-state index contributed by atoms with van der Waals surface area (Å²) in [5.74, 6) is -1.81. The standard InChI is InChI=1S/C12H18F2N4/c1-8(18-4-2-3-5-18)7-16-12-10(14)6-9(13)11(15)17-12/h6,8H,2-5,7H2,1H3,(H3,15,16,17). The molecule has 0 aliphatic carbocycles. The van der Waals surface area contributed by atoms with E-state index in [1.54, 1.807) is 0 Å². The van der Waals surface area contributed by atoms with E-state index in [-0.39, 0.29) is 11.6 Å². The van der Waals surface area contributed by atoms with E-state index in [2.05, 4.69) is 22.1 Å². The Morgan fingerprint density at radius 3 is 2.72 bits per heavy atom. The first-order chi connectivity index (χ1) is 8.58. The van der Waals surface area contributed by atoms with Crippen LogP contribution in [0.4, 0.5) is 20.4 Å². The molecule has 0 bridgehead atoms. The van der Waals surface area contributed by atoms with E-state index in [1.165, 1.54) is 12.8 Å². The number of nitrogens with two attached hydrogens (primary N) is 1. The minimum absolute atomic E-state index is 0.0138. The number of aromatic nitrogens is 1. The van der Waals surface area contributed by atoms with Gasteiger partial charge >= 0.3 is 0 Å². The lowest BCUT2D eigenvalue weighted by Crippen LogP contribution is -2.35. The molecule has 2 heterocycles. The molecule has 1 aliphatic rings. The molecular formula is C12H18F2N4. The predicted molar refractivity (Wildman–Crippen MR) is 67.3 cm³/mol. The lowest BCUT2D eigenvalue weighted by molar-refractivity contribution is 0.269. The van der Waals surface area contributed by atoms with Crippen molar-refractivity contribution in [2.75, 3.05) is 30.7 Å². The van der Waals surface area contributed by atoms with Gasteiger partial charge in [-0.25, -0.2) is 13.8 Å². The Morgan fingerprint density at radius 2 is 2.06 bits per heavy atom. The molecule has 1 aliphatic heterocycles. The normalized spacial score (nSPS) is 17.9. The second-order valence-corrected chi connectivity index (χ2v) is 4.66. The fourth-order valence-electron chi connectivity index (χ4n) is 2.16. The highest BCUT2D eigenvalue weighted by Crippen LogP contribution is 2.17. The number of hydrogen-bond acceptors (Lipinski definition) is 4.